The van der Waals surface area contributed by atoms with Crippen LogP contribution in [0.15, 0.2) is 41.6 Å². The maximum Gasteiger partial charge on any atom is 0.253 e. The highest BCUT2D eigenvalue weighted by Crippen LogP contribution is 2.38. The van der Waals surface area contributed by atoms with Crippen LogP contribution in [0.1, 0.15) is 17.7 Å². The minimum absolute atomic E-state index is 0.0413. The number of amides is 1. The summed E-state index contributed by atoms with van der Waals surface area (Å²) in [4.78, 5) is 18.3. The Bertz CT molecular complexity index is 897. The zero-order valence-electron chi connectivity index (χ0n) is 14.2. The van der Waals surface area contributed by atoms with Gasteiger partial charge in [0.2, 0.25) is 0 Å². The summed E-state index contributed by atoms with van der Waals surface area (Å²) in [6.45, 7) is 0.750. The van der Waals surface area contributed by atoms with Gasteiger partial charge in [0, 0.05) is 47.4 Å². The first-order chi connectivity index (χ1) is 12.7. The van der Waals surface area contributed by atoms with Crippen molar-refractivity contribution < 1.29 is 13.9 Å². The molecule has 1 saturated heterocycles. The van der Waals surface area contributed by atoms with E-state index < -0.39 is 6.67 Å². The molecule has 2 aliphatic rings. The highest BCUT2D eigenvalue weighted by Gasteiger charge is 2.23. The Morgan fingerprint density at radius 3 is 2.96 bits per heavy atom. The fraction of sp³-hybridized carbons (Fsp3) is 0.300. The predicted octanol–water partition coefficient (Wildman–Crippen LogP) is 3.98. The third kappa shape index (κ3) is 3.13. The van der Waals surface area contributed by atoms with Crippen LogP contribution in [-0.4, -0.2) is 37.3 Å². The number of carbonyl (C=O) groups is 1. The summed E-state index contributed by atoms with van der Waals surface area (Å²) in [6, 6.07) is 9.81. The average molecular weight is 373 g/mol. The van der Waals surface area contributed by atoms with Gasteiger partial charge >= 0.3 is 0 Å². The lowest BCUT2D eigenvalue weighted by atomic mass is 10.0. The van der Waals surface area contributed by atoms with Crippen LogP contribution in [-0.2, 0) is 16.0 Å². The van der Waals surface area contributed by atoms with Crippen LogP contribution in [0, 0.1) is 0 Å². The van der Waals surface area contributed by atoms with Gasteiger partial charge in [-0.25, -0.2) is 0 Å². The first-order valence-electron chi connectivity index (χ1n) is 8.58. The maximum atomic E-state index is 12.9. The molecule has 134 valence electrons. The van der Waals surface area contributed by atoms with E-state index in [1.54, 1.807) is 4.90 Å². The van der Waals surface area contributed by atoms with E-state index in [0.717, 1.165) is 33.6 Å². The third-order valence-corrected chi connectivity index (χ3v) is 5.13. The molecular formula is C20H18ClFN2O2. The molecule has 1 fully saturated rings. The van der Waals surface area contributed by atoms with Crippen molar-refractivity contribution in [3.63, 3.8) is 0 Å². The summed E-state index contributed by atoms with van der Waals surface area (Å²) in [6.07, 6.45) is 2.68. The number of nitrogens with zero attached hydrogens (tertiary/aromatic N) is 2. The van der Waals surface area contributed by atoms with Crippen molar-refractivity contribution in [3.8, 4) is 11.1 Å². The molecule has 0 atom stereocenters. The van der Waals surface area contributed by atoms with E-state index in [2.05, 4.69) is 4.98 Å². The van der Waals surface area contributed by atoms with E-state index >= 15 is 0 Å². The molecule has 0 radical (unpaired) electrons. The minimum atomic E-state index is -0.441. The number of aromatic nitrogens is 1. The van der Waals surface area contributed by atoms with Crippen LogP contribution in [0.4, 0.5) is 10.1 Å². The Kier molecular flexibility index (Phi) is 4.74. The number of morpholine rings is 1. The summed E-state index contributed by atoms with van der Waals surface area (Å²) >= 11 is 6.28. The van der Waals surface area contributed by atoms with Crippen molar-refractivity contribution in [2.75, 3.05) is 31.3 Å². The van der Waals surface area contributed by atoms with Gasteiger partial charge in [0.1, 0.15) is 6.61 Å². The van der Waals surface area contributed by atoms with Crippen molar-refractivity contribution in [3.05, 3.63) is 52.8 Å². The second kappa shape index (κ2) is 7.17. The molecule has 6 heteroatoms. The molecule has 0 N–H and O–H groups in total. The van der Waals surface area contributed by atoms with Gasteiger partial charge in [0.25, 0.3) is 5.91 Å². The normalized spacial score (nSPS) is 17.0. The standard InChI is InChI=1S/C20H18ClFN2O2/c21-18-10-19-17(16(18)4-5-22)9-14(11-23-19)13-2-1-3-15(8-13)24-6-7-26-12-20(24)25/h1-3,8-9,11H,4-7,10,12H2. The second-order valence-electron chi connectivity index (χ2n) is 6.37. The van der Waals surface area contributed by atoms with Crippen molar-refractivity contribution in [1.82, 2.24) is 4.98 Å². The zero-order valence-corrected chi connectivity index (χ0v) is 14.9. The molecule has 1 aromatic carbocycles. The lowest BCUT2D eigenvalue weighted by Crippen LogP contribution is -2.41. The Balaban J connectivity index is 1.69. The number of halogens is 2. The van der Waals surface area contributed by atoms with E-state index in [4.69, 9.17) is 16.3 Å². The molecule has 2 heterocycles. The van der Waals surface area contributed by atoms with Crippen LogP contribution in [0.25, 0.3) is 16.7 Å². The van der Waals surface area contributed by atoms with E-state index in [-0.39, 0.29) is 12.5 Å². The summed E-state index contributed by atoms with van der Waals surface area (Å²) in [7, 11) is 0. The predicted molar refractivity (Wildman–Crippen MR) is 99.9 cm³/mol. The number of benzene rings is 1. The third-order valence-electron chi connectivity index (χ3n) is 4.77. The molecule has 1 aromatic heterocycles. The van der Waals surface area contributed by atoms with Gasteiger partial charge < -0.3 is 9.64 Å². The molecule has 4 nitrogen and oxygen atoms in total. The number of ether oxygens (including phenoxy) is 1. The molecule has 0 unspecified atom stereocenters. The van der Waals surface area contributed by atoms with Gasteiger partial charge in [0.05, 0.1) is 19.0 Å². The lowest BCUT2D eigenvalue weighted by Gasteiger charge is -2.27. The van der Waals surface area contributed by atoms with E-state index in [1.807, 2.05) is 36.5 Å². The van der Waals surface area contributed by atoms with E-state index in [1.165, 1.54) is 0 Å². The zero-order chi connectivity index (χ0) is 18.1. The number of anilines is 1. The van der Waals surface area contributed by atoms with Gasteiger partial charge in [-0.05, 0) is 29.3 Å². The molecule has 1 aliphatic carbocycles. The van der Waals surface area contributed by atoms with Crippen LogP contribution >= 0.6 is 11.6 Å². The van der Waals surface area contributed by atoms with E-state index in [0.29, 0.717) is 31.0 Å². The first-order valence-corrected chi connectivity index (χ1v) is 8.96. The number of rotatable bonds is 4. The second-order valence-corrected chi connectivity index (χ2v) is 6.82. The minimum Gasteiger partial charge on any atom is -0.370 e. The fourth-order valence-electron chi connectivity index (χ4n) is 3.46. The van der Waals surface area contributed by atoms with Gasteiger partial charge in [0.15, 0.2) is 0 Å². The number of hydrogen-bond donors (Lipinski definition) is 0. The summed E-state index contributed by atoms with van der Waals surface area (Å²) in [5, 5.41) is 0.676. The molecule has 26 heavy (non-hydrogen) atoms. The van der Waals surface area contributed by atoms with Crippen LogP contribution in [0.3, 0.4) is 0 Å². The quantitative estimate of drug-likeness (QED) is 0.815. The molecule has 1 aliphatic heterocycles. The Morgan fingerprint density at radius 1 is 1.27 bits per heavy atom. The molecular weight excluding hydrogens is 355 g/mol. The summed E-state index contributed by atoms with van der Waals surface area (Å²) < 4.78 is 18.1. The lowest BCUT2D eigenvalue weighted by molar-refractivity contribution is -0.125. The van der Waals surface area contributed by atoms with Gasteiger partial charge in [-0.15, -0.1) is 0 Å². The molecule has 4 rings (SSSR count). The molecule has 2 aromatic rings. The summed E-state index contributed by atoms with van der Waals surface area (Å²) in [5.74, 6) is -0.0413. The molecule has 0 bridgehead atoms. The largest absolute Gasteiger partial charge is 0.370 e. The number of allylic oxidation sites excluding steroid dienone is 2. The van der Waals surface area contributed by atoms with Crippen molar-refractivity contribution in [1.29, 1.82) is 0 Å². The molecule has 0 spiro atoms. The first kappa shape index (κ1) is 17.2. The number of pyridine rings is 1. The Labute approximate surface area is 156 Å². The number of hydrogen-bond acceptors (Lipinski definition) is 3. The van der Waals surface area contributed by atoms with Gasteiger partial charge in [-0.3, -0.25) is 14.2 Å². The van der Waals surface area contributed by atoms with Crippen molar-refractivity contribution >= 4 is 28.8 Å². The van der Waals surface area contributed by atoms with Crippen LogP contribution in [0.5, 0.6) is 0 Å². The topological polar surface area (TPSA) is 42.4 Å². The number of carbonyl (C=O) groups excluding carboxylic acids is 1. The SMILES string of the molecule is O=C1COCCN1c1cccc(-c2cnc3c(c2)C(CCF)=C(Cl)C3)c1. The van der Waals surface area contributed by atoms with Gasteiger partial charge in [-0.1, -0.05) is 23.7 Å². The molecule has 1 amide bonds. The van der Waals surface area contributed by atoms with Crippen LogP contribution in [0.2, 0.25) is 0 Å². The van der Waals surface area contributed by atoms with Crippen molar-refractivity contribution in [2.24, 2.45) is 0 Å². The fourth-order valence-corrected chi connectivity index (χ4v) is 3.78. The van der Waals surface area contributed by atoms with Crippen LogP contribution < -0.4 is 4.90 Å². The average Bonchev–Trinajstić information content (AvgIpc) is 2.97. The summed E-state index contributed by atoms with van der Waals surface area (Å²) in [5.41, 5.74) is 5.39. The monoisotopic (exact) mass is 372 g/mol. The number of alkyl halides is 1. The highest BCUT2D eigenvalue weighted by molar-refractivity contribution is 6.33. The van der Waals surface area contributed by atoms with Crippen molar-refractivity contribution in [2.45, 2.75) is 12.8 Å². The number of fused-ring (bicyclic) bond motifs is 1. The Morgan fingerprint density at radius 2 is 2.15 bits per heavy atom. The smallest absolute Gasteiger partial charge is 0.253 e. The maximum absolute atomic E-state index is 12.9. The Hall–Kier alpha value is -2.24. The van der Waals surface area contributed by atoms with E-state index in [9.17, 15) is 9.18 Å². The van der Waals surface area contributed by atoms with Gasteiger partial charge in [-0.2, -0.15) is 0 Å². The highest BCUT2D eigenvalue weighted by atomic mass is 35.5. The molecule has 0 saturated carbocycles.